The summed E-state index contributed by atoms with van der Waals surface area (Å²) in [5.41, 5.74) is 0. The molecule has 1 aliphatic heterocycles. The van der Waals surface area contributed by atoms with Gasteiger partial charge in [0.1, 0.15) is 0 Å². The van der Waals surface area contributed by atoms with Gasteiger partial charge in [-0.2, -0.15) is 0 Å². The highest BCUT2D eigenvalue weighted by atomic mass is 16.4. The summed E-state index contributed by atoms with van der Waals surface area (Å²) in [4.78, 5) is 23.0. The predicted octanol–water partition coefficient (Wildman–Crippen LogP) is -2.06. The lowest BCUT2D eigenvalue weighted by molar-refractivity contribution is -0.191. The topological polar surface area (TPSA) is 81.1 Å². The van der Waals surface area contributed by atoms with Crippen LogP contribution in [0.5, 0.6) is 0 Å². The Morgan fingerprint density at radius 3 is 2.31 bits per heavy atom. The molecule has 0 saturated carbocycles. The van der Waals surface area contributed by atoms with Crippen LogP contribution in [-0.2, 0) is 9.59 Å². The maximum Gasteiger partial charge on any atom is 0.212 e. The monoisotopic (exact) mass is 188 g/mol. The number of carbonyl (C=O) groups is 2. The largest absolute Gasteiger partial charge is 0.369 e. The first-order valence-electron chi connectivity index (χ1n) is 3.91. The van der Waals surface area contributed by atoms with Gasteiger partial charge in [0, 0.05) is 12.6 Å². The zero-order valence-electron chi connectivity index (χ0n) is 7.20. The maximum atomic E-state index is 10.5. The molecule has 1 saturated heterocycles. The number of hydrogen-bond donors (Lipinski definition) is 2. The summed E-state index contributed by atoms with van der Waals surface area (Å²) in [6, 6.07) is -0.291. The zero-order valence-corrected chi connectivity index (χ0v) is 7.20. The SMILES string of the molecule is C[C@@H]1CN(C=O)[C@@H](O)[C@@H](O)N1C=O. The minimum absolute atomic E-state index is 0.223. The first-order chi connectivity index (χ1) is 6.11. The Labute approximate surface area is 75.4 Å². The summed E-state index contributed by atoms with van der Waals surface area (Å²) in [6.07, 6.45) is -1.77. The second-order valence-electron chi connectivity index (χ2n) is 3.03. The van der Waals surface area contributed by atoms with Crippen molar-refractivity contribution in [2.45, 2.75) is 25.4 Å². The Morgan fingerprint density at radius 1 is 1.23 bits per heavy atom. The Hall–Kier alpha value is -1.14. The molecule has 6 nitrogen and oxygen atoms in total. The van der Waals surface area contributed by atoms with Crippen LogP contribution in [-0.4, -0.2) is 57.9 Å². The van der Waals surface area contributed by atoms with E-state index in [1.165, 1.54) is 0 Å². The smallest absolute Gasteiger partial charge is 0.212 e. The van der Waals surface area contributed by atoms with E-state index in [-0.39, 0.29) is 12.6 Å². The lowest BCUT2D eigenvalue weighted by Crippen LogP contribution is -2.62. The van der Waals surface area contributed by atoms with E-state index in [1.54, 1.807) is 6.92 Å². The molecule has 0 bridgehead atoms. The average Bonchev–Trinajstić information content (AvgIpc) is 2.12. The Balaban J connectivity index is 2.77. The summed E-state index contributed by atoms with van der Waals surface area (Å²) in [5.74, 6) is 0. The first kappa shape index (κ1) is 9.94. The van der Waals surface area contributed by atoms with Crippen LogP contribution in [0.25, 0.3) is 0 Å². The number of aliphatic hydroxyl groups is 2. The van der Waals surface area contributed by atoms with Gasteiger partial charge < -0.3 is 20.0 Å². The van der Waals surface area contributed by atoms with Gasteiger partial charge in [-0.1, -0.05) is 0 Å². The van der Waals surface area contributed by atoms with Crippen LogP contribution < -0.4 is 0 Å². The number of hydrogen-bond acceptors (Lipinski definition) is 4. The van der Waals surface area contributed by atoms with Crippen LogP contribution in [0, 0.1) is 0 Å². The third-order valence-electron chi connectivity index (χ3n) is 2.15. The highest BCUT2D eigenvalue weighted by molar-refractivity contribution is 5.52. The summed E-state index contributed by atoms with van der Waals surface area (Å²) < 4.78 is 0. The van der Waals surface area contributed by atoms with Crippen LogP contribution >= 0.6 is 0 Å². The van der Waals surface area contributed by atoms with Crippen molar-refractivity contribution in [3.63, 3.8) is 0 Å². The van der Waals surface area contributed by atoms with Crippen LogP contribution in [0.1, 0.15) is 6.92 Å². The summed E-state index contributed by atoms with van der Waals surface area (Å²) in [5, 5.41) is 18.7. The minimum Gasteiger partial charge on any atom is -0.369 e. The second-order valence-corrected chi connectivity index (χ2v) is 3.03. The molecule has 3 atom stereocenters. The summed E-state index contributed by atoms with van der Waals surface area (Å²) in [7, 11) is 0. The fourth-order valence-electron chi connectivity index (χ4n) is 1.36. The maximum absolute atomic E-state index is 10.5. The van der Waals surface area contributed by atoms with Crippen molar-refractivity contribution in [1.29, 1.82) is 0 Å². The van der Waals surface area contributed by atoms with Gasteiger partial charge in [-0.25, -0.2) is 0 Å². The molecule has 74 valence electrons. The van der Waals surface area contributed by atoms with Crippen molar-refractivity contribution in [2.24, 2.45) is 0 Å². The molecule has 0 aliphatic carbocycles. The van der Waals surface area contributed by atoms with Crippen LogP contribution in [0.15, 0.2) is 0 Å². The molecule has 13 heavy (non-hydrogen) atoms. The standard InChI is InChI=1S/C7H12N2O4/c1-5-2-8(3-10)6(12)7(13)9(5)4-11/h3-7,12-13H,2H2,1H3/t5-,6+,7-/m1/s1. The number of nitrogens with zero attached hydrogens (tertiary/aromatic N) is 2. The van der Waals surface area contributed by atoms with Gasteiger partial charge in [0.25, 0.3) is 0 Å². The molecule has 0 aromatic heterocycles. The van der Waals surface area contributed by atoms with Crippen molar-refractivity contribution in [1.82, 2.24) is 9.80 Å². The molecule has 1 aliphatic rings. The van der Waals surface area contributed by atoms with E-state index in [4.69, 9.17) is 0 Å². The van der Waals surface area contributed by atoms with Gasteiger partial charge in [0.15, 0.2) is 12.5 Å². The van der Waals surface area contributed by atoms with Gasteiger partial charge in [0.05, 0.1) is 0 Å². The van der Waals surface area contributed by atoms with Gasteiger partial charge in [-0.3, -0.25) is 9.59 Å². The highest BCUT2D eigenvalue weighted by Crippen LogP contribution is 2.15. The van der Waals surface area contributed by atoms with Gasteiger partial charge in [-0.05, 0) is 6.92 Å². The first-order valence-corrected chi connectivity index (χ1v) is 3.91. The number of amides is 2. The normalized spacial score (nSPS) is 34.5. The molecule has 0 aromatic rings. The van der Waals surface area contributed by atoms with Crippen LogP contribution in [0.2, 0.25) is 0 Å². The van der Waals surface area contributed by atoms with Crippen molar-refractivity contribution < 1.29 is 19.8 Å². The highest BCUT2D eigenvalue weighted by Gasteiger charge is 2.36. The van der Waals surface area contributed by atoms with E-state index in [0.29, 0.717) is 12.8 Å². The number of carbonyl (C=O) groups excluding carboxylic acids is 2. The van der Waals surface area contributed by atoms with Gasteiger partial charge >= 0.3 is 0 Å². The van der Waals surface area contributed by atoms with Crippen LogP contribution in [0.4, 0.5) is 0 Å². The van der Waals surface area contributed by atoms with E-state index in [1.807, 2.05) is 0 Å². The summed E-state index contributed by atoms with van der Waals surface area (Å²) >= 11 is 0. The Kier molecular flexibility index (Phi) is 2.84. The molecule has 0 unspecified atom stereocenters. The molecule has 1 rings (SSSR count). The van der Waals surface area contributed by atoms with Crippen molar-refractivity contribution in [3.8, 4) is 0 Å². The third kappa shape index (κ3) is 1.63. The third-order valence-corrected chi connectivity index (χ3v) is 2.15. The van der Waals surface area contributed by atoms with Gasteiger partial charge in [0.2, 0.25) is 12.8 Å². The Morgan fingerprint density at radius 2 is 1.85 bits per heavy atom. The Bertz CT molecular complexity index is 211. The minimum atomic E-state index is -1.34. The molecule has 2 N–H and O–H groups in total. The lowest BCUT2D eigenvalue weighted by atomic mass is 10.2. The molecule has 0 radical (unpaired) electrons. The molecule has 6 heteroatoms. The zero-order chi connectivity index (χ0) is 10.0. The number of piperazine rings is 1. The van der Waals surface area contributed by atoms with Crippen LogP contribution in [0.3, 0.4) is 0 Å². The van der Waals surface area contributed by atoms with E-state index < -0.39 is 12.5 Å². The molecule has 1 fully saturated rings. The summed E-state index contributed by atoms with van der Waals surface area (Å²) in [6.45, 7) is 1.90. The lowest BCUT2D eigenvalue weighted by Gasteiger charge is -2.43. The molecular weight excluding hydrogens is 176 g/mol. The molecule has 2 amide bonds. The van der Waals surface area contributed by atoms with E-state index in [0.717, 1.165) is 9.80 Å². The quantitative estimate of drug-likeness (QED) is 0.488. The fourth-order valence-corrected chi connectivity index (χ4v) is 1.36. The van der Waals surface area contributed by atoms with Crippen molar-refractivity contribution in [2.75, 3.05) is 6.54 Å². The van der Waals surface area contributed by atoms with Gasteiger partial charge in [-0.15, -0.1) is 0 Å². The molecule has 0 spiro atoms. The van der Waals surface area contributed by atoms with E-state index >= 15 is 0 Å². The predicted molar refractivity (Wildman–Crippen MR) is 42.1 cm³/mol. The van der Waals surface area contributed by atoms with E-state index in [2.05, 4.69) is 0 Å². The van der Waals surface area contributed by atoms with Crippen molar-refractivity contribution >= 4 is 12.8 Å². The number of rotatable bonds is 2. The van der Waals surface area contributed by atoms with E-state index in [9.17, 15) is 19.8 Å². The number of aliphatic hydroxyl groups excluding tert-OH is 2. The fraction of sp³-hybridized carbons (Fsp3) is 0.714. The second kappa shape index (κ2) is 3.71. The molecular formula is C7H12N2O4. The molecule has 0 aromatic carbocycles. The average molecular weight is 188 g/mol. The van der Waals surface area contributed by atoms with Crippen molar-refractivity contribution in [3.05, 3.63) is 0 Å². The molecule has 1 heterocycles.